The van der Waals surface area contributed by atoms with Gasteiger partial charge in [0.1, 0.15) is 5.82 Å². The van der Waals surface area contributed by atoms with Gasteiger partial charge in [-0.15, -0.1) is 0 Å². The van der Waals surface area contributed by atoms with Crippen LogP contribution in [-0.4, -0.2) is 32.3 Å². The fraction of sp³-hybridized carbons (Fsp3) is 0.588. The molecule has 0 spiro atoms. The van der Waals surface area contributed by atoms with Crippen LogP contribution in [0.1, 0.15) is 43.5 Å². The van der Waals surface area contributed by atoms with Gasteiger partial charge in [-0.25, -0.2) is 9.67 Å². The third-order valence-electron chi connectivity index (χ3n) is 5.14. The van der Waals surface area contributed by atoms with E-state index in [0.717, 1.165) is 35.5 Å². The number of nitrogens with zero attached hydrogens (tertiary/aromatic N) is 5. The van der Waals surface area contributed by atoms with E-state index in [1.165, 1.54) is 32.1 Å². The number of hydrogen-bond donors (Lipinski definition) is 0. The average molecular weight is 297 g/mol. The maximum Gasteiger partial charge on any atom is 0.174 e. The first-order chi connectivity index (χ1) is 10.7. The second-order valence-electron chi connectivity index (χ2n) is 6.67. The Labute approximate surface area is 131 Å². The topological polar surface area (TPSA) is 46.8 Å². The molecule has 3 heterocycles. The molecule has 2 atom stereocenters. The first kappa shape index (κ1) is 13.7. The fourth-order valence-corrected chi connectivity index (χ4v) is 4.14. The SMILES string of the molecule is Cc1cc(C)n(-c2cncc(N3CCC4CCCCC43)n2)n1. The summed E-state index contributed by atoms with van der Waals surface area (Å²) in [5.74, 6) is 2.69. The number of hydrogen-bond acceptors (Lipinski definition) is 4. The van der Waals surface area contributed by atoms with Gasteiger partial charge in [0.15, 0.2) is 5.82 Å². The lowest BCUT2D eigenvalue weighted by Crippen LogP contribution is -2.35. The summed E-state index contributed by atoms with van der Waals surface area (Å²) in [6, 6.07) is 2.74. The molecule has 5 heteroatoms. The van der Waals surface area contributed by atoms with E-state index < -0.39 is 0 Å². The van der Waals surface area contributed by atoms with Crippen LogP contribution in [0.3, 0.4) is 0 Å². The van der Waals surface area contributed by atoms with Gasteiger partial charge in [0, 0.05) is 18.3 Å². The monoisotopic (exact) mass is 297 g/mol. The molecule has 22 heavy (non-hydrogen) atoms. The van der Waals surface area contributed by atoms with Crippen molar-refractivity contribution < 1.29 is 0 Å². The maximum atomic E-state index is 4.85. The van der Waals surface area contributed by atoms with Crippen LogP contribution < -0.4 is 4.90 Å². The standard InChI is InChI=1S/C17H23N5/c1-12-9-13(2)22(20-12)17-11-18-10-16(19-17)21-8-7-14-5-3-4-6-15(14)21/h9-11,14-15H,3-8H2,1-2H3. The Bertz CT molecular complexity index is 677. The molecular weight excluding hydrogens is 274 g/mol. The molecule has 2 aliphatic rings. The Kier molecular flexibility index (Phi) is 3.36. The van der Waals surface area contributed by atoms with Gasteiger partial charge >= 0.3 is 0 Å². The van der Waals surface area contributed by atoms with Crippen molar-refractivity contribution in [3.63, 3.8) is 0 Å². The van der Waals surface area contributed by atoms with Crippen LogP contribution >= 0.6 is 0 Å². The van der Waals surface area contributed by atoms with Crippen molar-refractivity contribution in [2.45, 2.75) is 52.0 Å². The molecule has 116 valence electrons. The summed E-state index contributed by atoms with van der Waals surface area (Å²) in [7, 11) is 0. The lowest BCUT2D eigenvalue weighted by Gasteiger charge is -2.32. The second kappa shape index (κ2) is 5.38. The first-order valence-electron chi connectivity index (χ1n) is 8.35. The van der Waals surface area contributed by atoms with Crippen LogP contribution in [-0.2, 0) is 0 Å². The highest BCUT2D eigenvalue weighted by Gasteiger charge is 2.36. The number of anilines is 1. The van der Waals surface area contributed by atoms with Crippen LogP contribution in [0.15, 0.2) is 18.5 Å². The van der Waals surface area contributed by atoms with Crippen molar-refractivity contribution in [3.05, 3.63) is 29.8 Å². The number of rotatable bonds is 2. The Morgan fingerprint density at radius 2 is 1.86 bits per heavy atom. The van der Waals surface area contributed by atoms with Gasteiger partial charge in [-0.2, -0.15) is 5.10 Å². The molecule has 2 unspecified atom stereocenters. The third kappa shape index (κ3) is 2.28. The molecule has 0 bridgehead atoms. The van der Waals surface area contributed by atoms with E-state index in [4.69, 9.17) is 4.98 Å². The highest BCUT2D eigenvalue weighted by atomic mass is 15.3. The quantitative estimate of drug-likeness (QED) is 0.855. The first-order valence-corrected chi connectivity index (χ1v) is 8.35. The highest BCUT2D eigenvalue weighted by molar-refractivity contribution is 5.43. The smallest absolute Gasteiger partial charge is 0.174 e. The molecule has 2 fully saturated rings. The van der Waals surface area contributed by atoms with E-state index in [1.807, 2.05) is 17.8 Å². The van der Waals surface area contributed by atoms with Crippen LogP contribution in [0.2, 0.25) is 0 Å². The summed E-state index contributed by atoms with van der Waals surface area (Å²) >= 11 is 0. The predicted molar refractivity (Wildman–Crippen MR) is 86.3 cm³/mol. The summed E-state index contributed by atoms with van der Waals surface area (Å²) in [5, 5.41) is 4.53. The minimum Gasteiger partial charge on any atom is -0.352 e. The van der Waals surface area contributed by atoms with E-state index in [0.29, 0.717) is 6.04 Å². The van der Waals surface area contributed by atoms with Crippen molar-refractivity contribution in [2.75, 3.05) is 11.4 Å². The van der Waals surface area contributed by atoms with Gasteiger partial charge in [0.05, 0.1) is 18.1 Å². The van der Waals surface area contributed by atoms with E-state index in [9.17, 15) is 0 Å². The molecule has 1 saturated carbocycles. The summed E-state index contributed by atoms with van der Waals surface area (Å²) < 4.78 is 1.89. The Morgan fingerprint density at radius 3 is 2.68 bits per heavy atom. The van der Waals surface area contributed by atoms with E-state index in [1.54, 1.807) is 6.20 Å². The fourth-order valence-electron chi connectivity index (χ4n) is 4.14. The molecule has 2 aromatic heterocycles. The molecule has 2 aromatic rings. The normalized spacial score (nSPS) is 24.5. The maximum absolute atomic E-state index is 4.85. The van der Waals surface area contributed by atoms with Gasteiger partial charge in [0.2, 0.25) is 0 Å². The number of aromatic nitrogens is 4. The summed E-state index contributed by atoms with van der Waals surface area (Å²) in [4.78, 5) is 11.8. The van der Waals surface area contributed by atoms with Crippen molar-refractivity contribution in [1.82, 2.24) is 19.7 Å². The van der Waals surface area contributed by atoms with Crippen molar-refractivity contribution in [3.8, 4) is 5.82 Å². The van der Waals surface area contributed by atoms with Crippen molar-refractivity contribution >= 4 is 5.82 Å². The molecule has 0 aromatic carbocycles. The molecule has 1 aliphatic carbocycles. The van der Waals surface area contributed by atoms with Crippen LogP contribution in [0, 0.1) is 19.8 Å². The highest BCUT2D eigenvalue weighted by Crippen LogP contribution is 2.38. The van der Waals surface area contributed by atoms with Crippen LogP contribution in [0.5, 0.6) is 0 Å². The van der Waals surface area contributed by atoms with E-state index in [2.05, 4.69) is 28.0 Å². The van der Waals surface area contributed by atoms with Gasteiger partial charge < -0.3 is 4.90 Å². The molecule has 4 rings (SSSR count). The van der Waals surface area contributed by atoms with Gasteiger partial charge in [-0.05, 0) is 45.1 Å². The predicted octanol–water partition coefficient (Wildman–Crippen LogP) is 3.05. The molecule has 5 nitrogen and oxygen atoms in total. The van der Waals surface area contributed by atoms with Gasteiger partial charge in [-0.3, -0.25) is 4.98 Å². The Hall–Kier alpha value is -1.91. The Morgan fingerprint density at radius 1 is 1.05 bits per heavy atom. The summed E-state index contributed by atoms with van der Waals surface area (Å²) in [6.45, 7) is 5.18. The molecule has 0 N–H and O–H groups in total. The van der Waals surface area contributed by atoms with Crippen molar-refractivity contribution in [2.24, 2.45) is 5.92 Å². The molecule has 1 saturated heterocycles. The largest absolute Gasteiger partial charge is 0.352 e. The molecule has 0 radical (unpaired) electrons. The number of fused-ring (bicyclic) bond motifs is 1. The van der Waals surface area contributed by atoms with E-state index in [-0.39, 0.29) is 0 Å². The van der Waals surface area contributed by atoms with Crippen LogP contribution in [0.4, 0.5) is 5.82 Å². The number of aryl methyl sites for hydroxylation is 2. The van der Waals surface area contributed by atoms with E-state index >= 15 is 0 Å². The minimum absolute atomic E-state index is 0.666. The Balaban J connectivity index is 1.66. The summed E-state index contributed by atoms with van der Waals surface area (Å²) in [6.07, 6.45) is 10.4. The molecule has 1 aliphatic heterocycles. The van der Waals surface area contributed by atoms with Gasteiger partial charge in [-0.1, -0.05) is 12.8 Å². The zero-order valence-corrected chi connectivity index (χ0v) is 13.4. The third-order valence-corrected chi connectivity index (χ3v) is 5.14. The van der Waals surface area contributed by atoms with Crippen molar-refractivity contribution in [1.29, 1.82) is 0 Å². The van der Waals surface area contributed by atoms with Crippen LogP contribution in [0.25, 0.3) is 5.82 Å². The molecular formula is C17H23N5. The van der Waals surface area contributed by atoms with Gasteiger partial charge in [0.25, 0.3) is 0 Å². The zero-order chi connectivity index (χ0) is 15.1. The lowest BCUT2D eigenvalue weighted by molar-refractivity contribution is 0.341. The minimum atomic E-state index is 0.666. The second-order valence-corrected chi connectivity index (χ2v) is 6.67. The molecule has 0 amide bonds. The zero-order valence-electron chi connectivity index (χ0n) is 13.4. The lowest BCUT2D eigenvalue weighted by atomic mass is 9.85. The average Bonchev–Trinajstić information content (AvgIpc) is 3.10. The summed E-state index contributed by atoms with van der Waals surface area (Å²) in [5.41, 5.74) is 2.11.